The highest BCUT2D eigenvalue weighted by atomic mass is 127. The summed E-state index contributed by atoms with van der Waals surface area (Å²) in [6.45, 7) is 1.98. The highest BCUT2D eigenvalue weighted by molar-refractivity contribution is 14.1. The first-order chi connectivity index (χ1) is 6.27. The molecule has 2 aromatic heterocycles. The first-order valence-electron chi connectivity index (χ1n) is 3.91. The van der Waals surface area contributed by atoms with E-state index in [1.165, 1.54) is 0 Å². The second-order valence-corrected chi connectivity index (χ2v) is 3.78. The van der Waals surface area contributed by atoms with E-state index >= 15 is 0 Å². The van der Waals surface area contributed by atoms with Crippen LogP contribution in [0.15, 0.2) is 24.4 Å². The number of rotatable bonds is 1. The Hall–Kier alpha value is -0.910. The predicted molar refractivity (Wildman–Crippen MR) is 59.3 cm³/mol. The summed E-state index contributed by atoms with van der Waals surface area (Å²) in [7, 11) is 0. The van der Waals surface area contributed by atoms with Crippen LogP contribution in [0.2, 0.25) is 0 Å². The Morgan fingerprint density at radius 3 is 2.77 bits per heavy atom. The summed E-state index contributed by atoms with van der Waals surface area (Å²) in [5.41, 5.74) is 1.90. The lowest BCUT2D eigenvalue weighted by atomic mass is 10.3. The zero-order valence-corrected chi connectivity index (χ0v) is 9.24. The van der Waals surface area contributed by atoms with Crippen molar-refractivity contribution in [3.8, 4) is 11.5 Å². The van der Waals surface area contributed by atoms with Crippen molar-refractivity contribution in [2.24, 2.45) is 0 Å². The highest BCUT2D eigenvalue weighted by Crippen LogP contribution is 2.15. The highest BCUT2D eigenvalue weighted by Gasteiger charge is 2.05. The molecular formula is C9H8IN3. The van der Waals surface area contributed by atoms with Gasteiger partial charge in [0, 0.05) is 6.20 Å². The third-order valence-electron chi connectivity index (χ3n) is 1.73. The van der Waals surface area contributed by atoms with Gasteiger partial charge in [0.25, 0.3) is 0 Å². The number of pyridine rings is 1. The third kappa shape index (κ3) is 1.72. The second kappa shape index (κ2) is 3.45. The number of imidazole rings is 1. The fraction of sp³-hybridized carbons (Fsp3) is 0.111. The van der Waals surface area contributed by atoms with E-state index < -0.39 is 0 Å². The van der Waals surface area contributed by atoms with Gasteiger partial charge in [0.1, 0.15) is 9.39 Å². The lowest BCUT2D eigenvalue weighted by molar-refractivity contribution is 1.20. The fourth-order valence-electron chi connectivity index (χ4n) is 1.06. The Morgan fingerprint density at radius 1 is 1.38 bits per heavy atom. The average Bonchev–Trinajstić information content (AvgIpc) is 2.49. The van der Waals surface area contributed by atoms with E-state index in [0.29, 0.717) is 0 Å². The molecule has 0 fully saturated rings. The molecule has 66 valence electrons. The summed E-state index contributed by atoms with van der Waals surface area (Å²) in [4.78, 5) is 11.7. The molecule has 0 radical (unpaired) electrons. The van der Waals surface area contributed by atoms with Crippen LogP contribution in [0.4, 0.5) is 0 Å². The van der Waals surface area contributed by atoms with Gasteiger partial charge in [-0.3, -0.25) is 4.98 Å². The molecule has 0 spiro atoms. The second-order valence-electron chi connectivity index (χ2n) is 2.70. The summed E-state index contributed by atoms with van der Waals surface area (Å²) < 4.78 is 1.07. The molecule has 0 aliphatic rings. The lowest BCUT2D eigenvalue weighted by Gasteiger charge is -1.92. The molecule has 0 atom stereocenters. The zero-order chi connectivity index (χ0) is 9.26. The molecule has 0 aromatic carbocycles. The SMILES string of the molecule is Cc1nc(-c2ccccn2)[nH]c1I. The first-order valence-corrected chi connectivity index (χ1v) is 4.99. The molecule has 2 rings (SSSR count). The van der Waals surface area contributed by atoms with E-state index in [1.807, 2.05) is 25.1 Å². The molecule has 0 saturated heterocycles. The van der Waals surface area contributed by atoms with E-state index in [0.717, 1.165) is 20.9 Å². The Labute approximate surface area is 89.8 Å². The van der Waals surface area contributed by atoms with Crippen molar-refractivity contribution in [1.82, 2.24) is 15.0 Å². The summed E-state index contributed by atoms with van der Waals surface area (Å²) in [6.07, 6.45) is 1.76. The van der Waals surface area contributed by atoms with Gasteiger partial charge in [-0.25, -0.2) is 4.98 Å². The number of hydrogen-bond acceptors (Lipinski definition) is 2. The molecule has 3 nitrogen and oxygen atoms in total. The van der Waals surface area contributed by atoms with Crippen molar-refractivity contribution in [3.05, 3.63) is 33.8 Å². The van der Waals surface area contributed by atoms with Gasteiger partial charge in [-0.2, -0.15) is 0 Å². The molecule has 2 aromatic rings. The molecule has 0 aliphatic heterocycles. The van der Waals surface area contributed by atoms with Gasteiger partial charge in [0.2, 0.25) is 0 Å². The van der Waals surface area contributed by atoms with Crippen LogP contribution in [0.5, 0.6) is 0 Å². The Morgan fingerprint density at radius 2 is 2.23 bits per heavy atom. The van der Waals surface area contributed by atoms with E-state index in [1.54, 1.807) is 6.20 Å². The van der Waals surface area contributed by atoms with Crippen LogP contribution in [0.3, 0.4) is 0 Å². The van der Waals surface area contributed by atoms with Crippen LogP contribution in [0.1, 0.15) is 5.69 Å². The number of hydrogen-bond donors (Lipinski definition) is 1. The van der Waals surface area contributed by atoms with Gasteiger partial charge in [-0.15, -0.1) is 0 Å². The van der Waals surface area contributed by atoms with E-state index in [4.69, 9.17) is 0 Å². The van der Waals surface area contributed by atoms with Crippen molar-refractivity contribution in [1.29, 1.82) is 0 Å². The van der Waals surface area contributed by atoms with E-state index in [9.17, 15) is 0 Å². The molecule has 0 saturated carbocycles. The van der Waals surface area contributed by atoms with E-state index in [-0.39, 0.29) is 0 Å². The van der Waals surface area contributed by atoms with Crippen LogP contribution < -0.4 is 0 Å². The van der Waals surface area contributed by atoms with Gasteiger partial charge in [-0.1, -0.05) is 6.07 Å². The fourth-order valence-corrected chi connectivity index (χ4v) is 1.44. The predicted octanol–water partition coefficient (Wildman–Crippen LogP) is 2.38. The number of aromatic amines is 1. The Bertz CT molecular complexity index is 389. The molecule has 2 heterocycles. The topological polar surface area (TPSA) is 41.6 Å². The molecule has 13 heavy (non-hydrogen) atoms. The average molecular weight is 285 g/mol. The quantitative estimate of drug-likeness (QED) is 0.817. The minimum atomic E-state index is 0.836. The molecule has 0 unspecified atom stereocenters. The molecule has 4 heteroatoms. The van der Waals surface area contributed by atoms with Crippen LogP contribution in [0, 0.1) is 10.6 Å². The van der Waals surface area contributed by atoms with Crippen molar-refractivity contribution in [2.75, 3.05) is 0 Å². The molecular weight excluding hydrogens is 277 g/mol. The minimum absolute atomic E-state index is 0.836. The maximum atomic E-state index is 4.35. The zero-order valence-electron chi connectivity index (χ0n) is 7.08. The minimum Gasteiger partial charge on any atom is -0.332 e. The van der Waals surface area contributed by atoms with Crippen molar-refractivity contribution in [3.63, 3.8) is 0 Å². The smallest absolute Gasteiger partial charge is 0.157 e. The van der Waals surface area contributed by atoms with Crippen molar-refractivity contribution >= 4 is 22.6 Å². The number of nitrogens with zero attached hydrogens (tertiary/aromatic N) is 2. The van der Waals surface area contributed by atoms with Gasteiger partial charge >= 0.3 is 0 Å². The Balaban J connectivity index is 2.48. The maximum absolute atomic E-state index is 4.35. The van der Waals surface area contributed by atoms with Gasteiger partial charge in [-0.05, 0) is 41.6 Å². The number of nitrogens with one attached hydrogen (secondary N) is 1. The molecule has 0 bridgehead atoms. The van der Waals surface area contributed by atoms with Gasteiger partial charge in [0.15, 0.2) is 5.82 Å². The first kappa shape index (κ1) is 8.68. The standard InChI is InChI=1S/C9H8IN3/c1-6-8(10)13-9(12-6)7-4-2-3-5-11-7/h2-5H,1H3,(H,12,13). The Kier molecular flexibility index (Phi) is 2.30. The van der Waals surface area contributed by atoms with Gasteiger partial charge in [0.05, 0.1) is 5.69 Å². The van der Waals surface area contributed by atoms with Crippen molar-refractivity contribution in [2.45, 2.75) is 6.92 Å². The van der Waals surface area contributed by atoms with Crippen LogP contribution in [0.25, 0.3) is 11.5 Å². The largest absolute Gasteiger partial charge is 0.332 e. The molecule has 1 N–H and O–H groups in total. The third-order valence-corrected chi connectivity index (χ3v) is 2.78. The number of aryl methyl sites for hydroxylation is 1. The number of halogens is 1. The summed E-state index contributed by atoms with van der Waals surface area (Å²) in [5, 5.41) is 0. The summed E-state index contributed by atoms with van der Waals surface area (Å²) in [6, 6.07) is 5.78. The van der Waals surface area contributed by atoms with Crippen LogP contribution >= 0.6 is 22.6 Å². The molecule has 0 amide bonds. The van der Waals surface area contributed by atoms with Crippen molar-refractivity contribution < 1.29 is 0 Å². The maximum Gasteiger partial charge on any atom is 0.157 e. The number of aromatic nitrogens is 3. The van der Waals surface area contributed by atoms with Gasteiger partial charge < -0.3 is 4.98 Å². The normalized spacial score (nSPS) is 10.3. The summed E-state index contributed by atoms with van der Waals surface area (Å²) in [5.74, 6) is 0.836. The monoisotopic (exact) mass is 285 g/mol. The van der Waals surface area contributed by atoms with Crippen LogP contribution in [-0.2, 0) is 0 Å². The lowest BCUT2D eigenvalue weighted by Crippen LogP contribution is -1.83. The molecule has 0 aliphatic carbocycles. The number of H-pyrrole nitrogens is 1. The van der Waals surface area contributed by atoms with Crippen LogP contribution in [-0.4, -0.2) is 15.0 Å². The summed E-state index contributed by atoms with van der Waals surface area (Å²) >= 11 is 2.23. The van der Waals surface area contributed by atoms with E-state index in [2.05, 4.69) is 37.5 Å².